The second kappa shape index (κ2) is 6.05. The van der Waals surface area contributed by atoms with Gasteiger partial charge in [0.05, 0.1) is 7.59 Å². The Balaban J connectivity index is 3.32. The van der Waals surface area contributed by atoms with E-state index in [1.54, 1.807) is 0 Å². The minimum absolute atomic E-state index is 0.394. The summed E-state index contributed by atoms with van der Waals surface area (Å²) in [6.07, 6.45) is 0. The molecular formula is C17H29Si3. The largest absolute Gasteiger partial charge is 0.166 e. The van der Waals surface area contributed by atoms with Crippen LogP contribution < -0.4 is 5.19 Å². The molecule has 1 aromatic carbocycles. The van der Waals surface area contributed by atoms with E-state index in [0.29, 0.717) is 5.04 Å². The zero-order valence-electron chi connectivity index (χ0n) is 14.4. The Morgan fingerprint density at radius 1 is 0.900 bits per heavy atom. The minimum Gasteiger partial charge on any atom is -0.139 e. The maximum absolute atomic E-state index is 3.80. The van der Waals surface area contributed by atoms with Gasteiger partial charge in [-0.1, -0.05) is 83.8 Å². The van der Waals surface area contributed by atoms with Crippen molar-refractivity contribution in [3.05, 3.63) is 30.3 Å². The molecule has 0 saturated carbocycles. The summed E-state index contributed by atoms with van der Waals surface area (Å²) in [5.74, 6) is 0. The Hall–Kier alpha value is -0.569. The molecule has 0 aliphatic heterocycles. The normalized spacial score (nSPS) is 13.1. The average molecular weight is 318 g/mol. The summed E-state index contributed by atoms with van der Waals surface area (Å²) < 4.78 is 0. The Morgan fingerprint density at radius 2 is 1.40 bits per heavy atom. The molecule has 0 amide bonds. The van der Waals surface area contributed by atoms with Gasteiger partial charge in [-0.05, 0) is 10.2 Å². The van der Waals surface area contributed by atoms with E-state index in [1.807, 2.05) is 0 Å². The van der Waals surface area contributed by atoms with Crippen LogP contribution in [0.5, 0.6) is 0 Å². The van der Waals surface area contributed by atoms with Crippen LogP contribution in [-0.2, 0) is 0 Å². The number of hydrogen-bond donors (Lipinski definition) is 0. The molecule has 1 radical (unpaired) electrons. The minimum atomic E-state index is -1.42. The fraction of sp³-hybridized carbons (Fsp3) is 0.529. The second-order valence-electron chi connectivity index (χ2n) is 8.12. The lowest BCUT2D eigenvalue weighted by Crippen LogP contribution is -2.58. The fourth-order valence-corrected chi connectivity index (χ4v) is 12.7. The molecule has 0 heterocycles. The Bertz CT molecular complexity index is 493. The lowest BCUT2D eigenvalue weighted by atomic mass is 10.2. The average Bonchev–Trinajstić information content (AvgIpc) is 2.27. The zero-order valence-corrected chi connectivity index (χ0v) is 17.4. The highest BCUT2D eigenvalue weighted by molar-refractivity contribution is 7.41. The van der Waals surface area contributed by atoms with Gasteiger partial charge in [-0.15, -0.1) is 11.1 Å². The van der Waals surface area contributed by atoms with Gasteiger partial charge in [0.2, 0.25) is 0 Å². The molecule has 109 valence electrons. The van der Waals surface area contributed by atoms with E-state index in [2.05, 4.69) is 94.9 Å². The molecule has 0 nitrogen and oxygen atoms in total. The first-order valence-electron chi connectivity index (χ1n) is 7.41. The summed E-state index contributed by atoms with van der Waals surface area (Å²) in [7, 11) is -3.50. The molecule has 3 heteroatoms. The van der Waals surface area contributed by atoms with Crippen LogP contribution in [0.4, 0.5) is 0 Å². The molecule has 0 aliphatic rings. The molecule has 0 aliphatic carbocycles. The highest BCUT2D eigenvalue weighted by atomic mass is 29.2. The van der Waals surface area contributed by atoms with Gasteiger partial charge in [0.15, 0.2) is 8.31 Å². The third-order valence-corrected chi connectivity index (χ3v) is 18.8. The van der Waals surface area contributed by atoms with Crippen molar-refractivity contribution in [3.63, 3.8) is 0 Å². The highest BCUT2D eigenvalue weighted by Crippen LogP contribution is 2.37. The van der Waals surface area contributed by atoms with Crippen LogP contribution >= 0.6 is 0 Å². The van der Waals surface area contributed by atoms with Crippen molar-refractivity contribution in [1.29, 1.82) is 0 Å². The van der Waals surface area contributed by atoms with Crippen molar-refractivity contribution in [1.82, 2.24) is 0 Å². The lowest BCUT2D eigenvalue weighted by molar-refractivity contribution is 0.734. The summed E-state index contributed by atoms with van der Waals surface area (Å²) in [4.78, 5) is 0. The van der Waals surface area contributed by atoms with Crippen molar-refractivity contribution in [2.75, 3.05) is 0 Å². The summed E-state index contributed by atoms with van der Waals surface area (Å²) in [5.41, 5.74) is 7.47. The zero-order chi connectivity index (χ0) is 15.6. The highest BCUT2D eigenvalue weighted by Gasteiger charge is 2.43. The molecule has 0 bridgehead atoms. The third kappa shape index (κ3) is 4.47. The monoisotopic (exact) mass is 317 g/mol. The number of benzene rings is 1. The standard InChI is InChI=1S/C17H29Si3/c1-17(2,3)20(7,8)18(14-15-19(4,5)6)16-12-10-9-11-13-16/h9-13H,1-8H3. The van der Waals surface area contributed by atoms with Gasteiger partial charge in [-0.3, -0.25) is 0 Å². The van der Waals surface area contributed by atoms with Crippen LogP contribution in [0.3, 0.4) is 0 Å². The van der Waals surface area contributed by atoms with Crippen molar-refractivity contribution < 1.29 is 0 Å². The van der Waals surface area contributed by atoms with E-state index in [1.165, 1.54) is 5.19 Å². The molecule has 0 unspecified atom stereocenters. The van der Waals surface area contributed by atoms with Crippen molar-refractivity contribution in [2.24, 2.45) is 0 Å². The topological polar surface area (TPSA) is 0 Å². The van der Waals surface area contributed by atoms with E-state index in [4.69, 9.17) is 0 Å². The van der Waals surface area contributed by atoms with Gasteiger partial charge in [0, 0.05) is 0 Å². The quantitative estimate of drug-likeness (QED) is 0.560. The van der Waals surface area contributed by atoms with Crippen LogP contribution in [0.15, 0.2) is 30.3 Å². The van der Waals surface area contributed by atoms with Crippen LogP contribution in [0.1, 0.15) is 20.8 Å². The van der Waals surface area contributed by atoms with Crippen LogP contribution in [-0.4, -0.2) is 24.0 Å². The van der Waals surface area contributed by atoms with Crippen LogP contribution in [0, 0.1) is 11.1 Å². The van der Waals surface area contributed by atoms with E-state index in [0.717, 1.165) is 0 Å². The van der Waals surface area contributed by atoms with Gasteiger partial charge < -0.3 is 0 Å². The van der Waals surface area contributed by atoms with Gasteiger partial charge in [0.1, 0.15) is 8.07 Å². The van der Waals surface area contributed by atoms with E-state index in [-0.39, 0.29) is 0 Å². The molecule has 0 spiro atoms. The third-order valence-electron chi connectivity index (χ3n) is 4.12. The van der Waals surface area contributed by atoms with E-state index >= 15 is 0 Å². The smallest absolute Gasteiger partial charge is 0.139 e. The lowest BCUT2D eigenvalue weighted by Gasteiger charge is -2.40. The SMILES string of the molecule is CC(C)(C)[Si](C)(C)[Si](C#C[Si](C)(C)C)c1ccccc1. The Labute approximate surface area is 129 Å². The van der Waals surface area contributed by atoms with Gasteiger partial charge in [-0.25, -0.2) is 0 Å². The van der Waals surface area contributed by atoms with Gasteiger partial charge >= 0.3 is 0 Å². The van der Waals surface area contributed by atoms with Crippen molar-refractivity contribution in [3.8, 4) is 11.1 Å². The van der Waals surface area contributed by atoms with Crippen molar-refractivity contribution in [2.45, 2.75) is 58.5 Å². The predicted octanol–water partition coefficient (Wildman–Crippen LogP) is 4.40. The Morgan fingerprint density at radius 3 is 1.80 bits per heavy atom. The molecule has 20 heavy (non-hydrogen) atoms. The molecule has 1 rings (SSSR count). The van der Waals surface area contributed by atoms with E-state index < -0.39 is 24.0 Å². The number of rotatable bonds is 2. The number of hydrogen-bond acceptors (Lipinski definition) is 0. The maximum atomic E-state index is 3.80. The van der Waals surface area contributed by atoms with Crippen LogP contribution in [0.2, 0.25) is 37.8 Å². The predicted molar refractivity (Wildman–Crippen MR) is 100 cm³/mol. The molecule has 0 aromatic heterocycles. The fourth-order valence-electron chi connectivity index (χ4n) is 1.82. The van der Waals surface area contributed by atoms with Crippen molar-refractivity contribution >= 4 is 29.2 Å². The molecule has 0 N–H and O–H groups in total. The van der Waals surface area contributed by atoms with Gasteiger partial charge in [-0.2, -0.15) is 0 Å². The first-order valence-corrected chi connectivity index (χ1v) is 16.4. The molecule has 0 atom stereocenters. The first-order chi connectivity index (χ1) is 8.95. The summed E-state index contributed by atoms with van der Waals surface area (Å²) in [5, 5.41) is 1.90. The molecule has 0 saturated heterocycles. The maximum Gasteiger partial charge on any atom is 0.166 e. The summed E-state index contributed by atoms with van der Waals surface area (Å²) in [6.45, 7) is 19.3. The molecular weight excluding hydrogens is 288 g/mol. The molecule has 0 fully saturated rings. The van der Waals surface area contributed by atoms with E-state index in [9.17, 15) is 0 Å². The second-order valence-corrected chi connectivity index (χ2v) is 24.4. The molecule has 1 aromatic rings. The first kappa shape index (κ1) is 17.5. The summed E-state index contributed by atoms with van der Waals surface area (Å²) >= 11 is 0. The van der Waals surface area contributed by atoms with Crippen LogP contribution in [0.25, 0.3) is 0 Å². The van der Waals surface area contributed by atoms with Gasteiger partial charge in [0.25, 0.3) is 0 Å². The summed E-state index contributed by atoms with van der Waals surface area (Å²) in [6, 6.07) is 11.1. The Kier molecular flexibility index (Phi) is 5.29.